The molecule has 0 spiro atoms. The quantitative estimate of drug-likeness (QED) is 0.425. The first-order valence-electron chi connectivity index (χ1n) is 9.68. The summed E-state index contributed by atoms with van der Waals surface area (Å²) in [5, 5.41) is 8.05. The third kappa shape index (κ3) is 4.31. The molecule has 1 fully saturated rings. The highest BCUT2D eigenvalue weighted by Gasteiger charge is 2.39. The number of hydrogen-bond acceptors (Lipinski definition) is 5. The Labute approximate surface area is 182 Å². The van der Waals surface area contributed by atoms with Crippen molar-refractivity contribution in [2.75, 3.05) is 11.1 Å². The predicted molar refractivity (Wildman–Crippen MR) is 114 cm³/mol. The molecule has 1 saturated heterocycles. The molecular formula is C21H20ClN5O4. The van der Waals surface area contributed by atoms with Crippen molar-refractivity contribution >= 4 is 46.7 Å². The fourth-order valence-electron chi connectivity index (χ4n) is 3.70. The van der Waals surface area contributed by atoms with Crippen LogP contribution in [0.5, 0.6) is 0 Å². The van der Waals surface area contributed by atoms with Crippen LogP contribution in [-0.4, -0.2) is 34.7 Å². The summed E-state index contributed by atoms with van der Waals surface area (Å²) in [5.41, 5.74) is 8.70. The summed E-state index contributed by atoms with van der Waals surface area (Å²) in [5.74, 6) is -1.00. The van der Waals surface area contributed by atoms with E-state index >= 15 is 0 Å². The maximum absolute atomic E-state index is 12.7. The summed E-state index contributed by atoms with van der Waals surface area (Å²) in [6, 6.07) is 9.01. The van der Waals surface area contributed by atoms with Gasteiger partial charge in [0.25, 0.3) is 5.91 Å². The minimum Gasteiger partial charge on any atom is -0.398 e. The molecule has 9 nitrogen and oxygen atoms in total. The van der Waals surface area contributed by atoms with Crippen molar-refractivity contribution in [2.24, 2.45) is 0 Å². The SMILES string of the molecule is Nc1ccc(NC(=O)NCc2ccc3c(c2)CN(C2CCC(=O)NC2=O)C3=O)cc1Cl. The van der Waals surface area contributed by atoms with Crippen LogP contribution in [0, 0.1) is 0 Å². The molecule has 0 aliphatic carbocycles. The molecule has 0 saturated carbocycles. The van der Waals surface area contributed by atoms with Gasteiger partial charge in [-0.1, -0.05) is 23.7 Å². The second-order valence-corrected chi connectivity index (χ2v) is 7.84. The average Bonchev–Trinajstić information content (AvgIpc) is 3.05. The van der Waals surface area contributed by atoms with E-state index in [1.165, 1.54) is 4.90 Å². The molecule has 0 radical (unpaired) electrons. The third-order valence-corrected chi connectivity index (χ3v) is 5.63. The first-order chi connectivity index (χ1) is 14.8. The lowest BCUT2D eigenvalue weighted by molar-refractivity contribution is -0.136. The largest absolute Gasteiger partial charge is 0.398 e. The second kappa shape index (κ2) is 8.27. The summed E-state index contributed by atoms with van der Waals surface area (Å²) in [7, 11) is 0. The van der Waals surface area contributed by atoms with Crippen LogP contribution in [0.2, 0.25) is 5.02 Å². The van der Waals surface area contributed by atoms with Gasteiger partial charge in [-0.3, -0.25) is 19.7 Å². The normalized spacial score (nSPS) is 17.9. The molecule has 0 aromatic heterocycles. The molecule has 2 aliphatic heterocycles. The Morgan fingerprint density at radius 3 is 2.74 bits per heavy atom. The van der Waals surface area contributed by atoms with E-state index in [2.05, 4.69) is 16.0 Å². The summed E-state index contributed by atoms with van der Waals surface area (Å²) in [6.45, 7) is 0.527. The summed E-state index contributed by atoms with van der Waals surface area (Å²) in [6.07, 6.45) is 0.522. The van der Waals surface area contributed by atoms with Crippen molar-refractivity contribution in [1.82, 2.24) is 15.5 Å². The van der Waals surface area contributed by atoms with E-state index < -0.39 is 18.0 Å². The van der Waals surface area contributed by atoms with E-state index in [1.54, 1.807) is 30.3 Å². The van der Waals surface area contributed by atoms with Gasteiger partial charge >= 0.3 is 6.03 Å². The minimum absolute atomic E-state index is 0.208. The number of halogens is 1. The predicted octanol–water partition coefficient (Wildman–Crippen LogP) is 2.00. The molecule has 1 atom stereocenters. The number of carbonyl (C=O) groups excluding carboxylic acids is 4. The molecule has 160 valence electrons. The van der Waals surface area contributed by atoms with Crippen molar-refractivity contribution in [1.29, 1.82) is 0 Å². The second-order valence-electron chi connectivity index (χ2n) is 7.44. The lowest BCUT2D eigenvalue weighted by Crippen LogP contribution is -2.52. The van der Waals surface area contributed by atoms with Crippen LogP contribution in [0.4, 0.5) is 16.2 Å². The van der Waals surface area contributed by atoms with Crippen molar-refractivity contribution in [3.05, 3.63) is 58.1 Å². The minimum atomic E-state index is -0.656. The van der Waals surface area contributed by atoms with Crippen molar-refractivity contribution in [2.45, 2.75) is 32.0 Å². The molecule has 1 unspecified atom stereocenters. The van der Waals surface area contributed by atoms with Gasteiger partial charge in [0.1, 0.15) is 6.04 Å². The number of nitrogens with one attached hydrogen (secondary N) is 3. The van der Waals surface area contributed by atoms with Gasteiger partial charge < -0.3 is 21.3 Å². The van der Waals surface area contributed by atoms with E-state index in [4.69, 9.17) is 17.3 Å². The maximum atomic E-state index is 12.7. The van der Waals surface area contributed by atoms with Crippen LogP contribution in [-0.2, 0) is 22.7 Å². The zero-order valence-corrected chi connectivity index (χ0v) is 17.2. The Balaban J connectivity index is 1.38. The van der Waals surface area contributed by atoms with Gasteiger partial charge in [0.2, 0.25) is 11.8 Å². The number of carbonyl (C=O) groups is 4. The highest BCUT2D eigenvalue weighted by atomic mass is 35.5. The van der Waals surface area contributed by atoms with Gasteiger partial charge in [0.15, 0.2) is 0 Å². The number of imide groups is 1. The highest BCUT2D eigenvalue weighted by molar-refractivity contribution is 6.33. The van der Waals surface area contributed by atoms with Gasteiger partial charge in [-0.2, -0.15) is 0 Å². The molecule has 31 heavy (non-hydrogen) atoms. The number of amides is 5. The molecule has 5 N–H and O–H groups in total. The van der Waals surface area contributed by atoms with E-state index in [0.717, 1.165) is 11.1 Å². The van der Waals surface area contributed by atoms with Crippen LogP contribution in [0.25, 0.3) is 0 Å². The lowest BCUT2D eigenvalue weighted by atomic mass is 10.0. The van der Waals surface area contributed by atoms with Crippen LogP contribution in [0.1, 0.15) is 34.3 Å². The van der Waals surface area contributed by atoms with E-state index in [-0.39, 0.29) is 31.3 Å². The Hall–Kier alpha value is -3.59. The van der Waals surface area contributed by atoms with Crippen LogP contribution in [0.15, 0.2) is 36.4 Å². The number of nitrogens with zero attached hydrogens (tertiary/aromatic N) is 1. The lowest BCUT2D eigenvalue weighted by Gasteiger charge is -2.29. The number of rotatable bonds is 4. The molecular weight excluding hydrogens is 422 g/mol. The highest BCUT2D eigenvalue weighted by Crippen LogP contribution is 2.28. The smallest absolute Gasteiger partial charge is 0.319 e. The first kappa shape index (κ1) is 20.7. The fraction of sp³-hybridized carbons (Fsp3) is 0.238. The molecule has 4 rings (SSSR count). The molecule has 0 bridgehead atoms. The number of urea groups is 1. The maximum Gasteiger partial charge on any atom is 0.319 e. The van der Waals surface area contributed by atoms with Crippen molar-refractivity contribution in [3.63, 3.8) is 0 Å². The zero-order chi connectivity index (χ0) is 22.1. The van der Waals surface area contributed by atoms with Crippen molar-refractivity contribution in [3.8, 4) is 0 Å². The summed E-state index contributed by atoms with van der Waals surface area (Å²) >= 11 is 5.95. The third-order valence-electron chi connectivity index (χ3n) is 5.30. The summed E-state index contributed by atoms with van der Waals surface area (Å²) in [4.78, 5) is 49.9. The topological polar surface area (TPSA) is 134 Å². The number of hydrogen-bond donors (Lipinski definition) is 4. The molecule has 2 aliphatic rings. The molecule has 5 amide bonds. The fourth-order valence-corrected chi connectivity index (χ4v) is 3.88. The zero-order valence-electron chi connectivity index (χ0n) is 16.4. The van der Waals surface area contributed by atoms with Crippen molar-refractivity contribution < 1.29 is 19.2 Å². The standard InChI is InChI=1S/C21H20ClN5O4/c22-15-8-13(2-4-16(15)23)25-21(31)24-9-11-1-3-14-12(7-11)10-27(20(14)30)17-5-6-18(28)26-19(17)29/h1-4,7-8,17H,5-6,9-10,23H2,(H2,24,25,31)(H,26,28,29). The number of anilines is 2. The Morgan fingerprint density at radius 1 is 1.19 bits per heavy atom. The Morgan fingerprint density at radius 2 is 2.00 bits per heavy atom. The van der Waals surface area contributed by atoms with Gasteiger partial charge in [-0.15, -0.1) is 0 Å². The number of benzene rings is 2. The average molecular weight is 442 g/mol. The molecule has 2 aromatic carbocycles. The van der Waals surface area contributed by atoms with Gasteiger partial charge in [-0.05, 0) is 41.8 Å². The molecule has 2 heterocycles. The van der Waals surface area contributed by atoms with Gasteiger partial charge in [0.05, 0.1) is 10.7 Å². The Bertz CT molecular complexity index is 1100. The van der Waals surface area contributed by atoms with Crippen LogP contribution in [0.3, 0.4) is 0 Å². The van der Waals surface area contributed by atoms with E-state index in [9.17, 15) is 19.2 Å². The van der Waals surface area contributed by atoms with Crippen LogP contribution < -0.4 is 21.7 Å². The Kier molecular flexibility index (Phi) is 5.51. The number of nitrogen functional groups attached to an aromatic ring is 1. The monoisotopic (exact) mass is 441 g/mol. The number of piperidine rings is 1. The molecule has 10 heteroatoms. The van der Waals surface area contributed by atoms with Crippen LogP contribution >= 0.6 is 11.6 Å². The number of nitrogens with two attached hydrogens (primary N) is 1. The van der Waals surface area contributed by atoms with E-state index in [0.29, 0.717) is 28.4 Å². The van der Waals surface area contributed by atoms with Gasteiger partial charge in [0, 0.05) is 30.8 Å². The molecule has 2 aromatic rings. The first-order valence-corrected chi connectivity index (χ1v) is 10.1. The van der Waals surface area contributed by atoms with E-state index in [1.807, 2.05) is 6.07 Å². The number of fused-ring (bicyclic) bond motifs is 1. The van der Waals surface area contributed by atoms with Gasteiger partial charge in [-0.25, -0.2) is 4.79 Å². The summed E-state index contributed by atoms with van der Waals surface area (Å²) < 4.78 is 0.